The monoisotopic (exact) mass is 629 g/mol. The number of hydrogen-bond acceptors (Lipinski definition) is 6. The van der Waals surface area contributed by atoms with Crippen molar-refractivity contribution in [3.05, 3.63) is 76.4 Å². The molecule has 8 nitrogen and oxygen atoms in total. The summed E-state index contributed by atoms with van der Waals surface area (Å²) >= 11 is 5.83. The summed E-state index contributed by atoms with van der Waals surface area (Å²) in [6, 6.07) is 12.5. The predicted molar refractivity (Wildman–Crippen MR) is 163 cm³/mol. The third-order valence-electron chi connectivity index (χ3n) is 8.11. The van der Waals surface area contributed by atoms with Crippen LogP contribution in [0.4, 0.5) is 18.9 Å². The molecule has 2 saturated heterocycles. The molecule has 12 heteroatoms. The second-order valence-corrected chi connectivity index (χ2v) is 11.3. The van der Waals surface area contributed by atoms with Gasteiger partial charge < -0.3 is 25.2 Å². The number of anilines is 1. The Kier molecular flexibility index (Phi) is 9.65. The molecule has 0 aliphatic carbocycles. The molecule has 0 radical (unpaired) electrons. The molecule has 5 rings (SSSR count). The topological polar surface area (TPSA) is 86.8 Å². The Morgan fingerprint density at radius 1 is 1.11 bits per heavy atom. The summed E-state index contributed by atoms with van der Waals surface area (Å²) in [4.78, 5) is 34.9. The van der Waals surface area contributed by atoms with Gasteiger partial charge in [0.25, 0.3) is 11.8 Å². The molecule has 2 N–H and O–H groups in total. The minimum atomic E-state index is -4.73. The number of carbonyl (C=O) groups excluding carboxylic acids is 2. The Morgan fingerprint density at radius 3 is 2.59 bits per heavy atom. The average Bonchev–Trinajstić information content (AvgIpc) is 2.99. The number of halogens is 4. The maximum atomic E-state index is 13.8. The normalized spacial score (nSPS) is 18.5. The molecule has 0 saturated carbocycles. The van der Waals surface area contributed by atoms with E-state index in [0.717, 1.165) is 36.2 Å². The summed E-state index contributed by atoms with van der Waals surface area (Å²) in [6.07, 6.45) is -1.49. The van der Waals surface area contributed by atoms with E-state index in [2.05, 4.69) is 20.5 Å². The van der Waals surface area contributed by atoms with E-state index in [4.69, 9.17) is 16.3 Å². The van der Waals surface area contributed by atoms with Gasteiger partial charge in [0.05, 0.1) is 23.3 Å². The summed E-state index contributed by atoms with van der Waals surface area (Å²) in [5.41, 5.74) is 1.19. The van der Waals surface area contributed by atoms with Gasteiger partial charge in [-0.15, -0.1) is 0 Å². The fourth-order valence-electron chi connectivity index (χ4n) is 5.65. The number of pyridine rings is 1. The molecule has 1 aromatic heterocycles. The Morgan fingerprint density at radius 2 is 1.91 bits per heavy atom. The molecule has 234 valence electrons. The van der Waals surface area contributed by atoms with Crippen LogP contribution in [0.1, 0.15) is 53.0 Å². The first kappa shape index (κ1) is 31.6. The molecule has 2 aliphatic heterocycles. The van der Waals surface area contributed by atoms with Crippen LogP contribution in [-0.4, -0.2) is 73.1 Å². The lowest BCUT2D eigenvalue weighted by Gasteiger charge is -2.43. The van der Waals surface area contributed by atoms with Gasteiger partial charge in [0.1, 0.15) is 0 Å². The SMILES string of the molecule is CCOc1ncccc1-c1ccc(N2CCN(C(=O)c3ccc(Cl)cc3C(F)(F)F)C[C@H]2CC)c(C(=O)NC[C@@H]2CCN2)c1. The van der Waals surface area contributed by atoms with Crippen molar-refractivity contribution in [2.75, 3.05) is 44.2 Å². The molecular formula is C32H35ClF3N5O3. The standard InChI is InChI=1S/C32H35ClF3N5O3/c1-3-23-19-40(31(43)25-9-8-21(33)17-27(25)32(34,35)36)14-15-41(23)28-10-7-20(24-6-5-12-38-30(24)44-4-2)16-26(28)29(42)39-18-22-11-13-37-22/h5-10,12,16-17,22-23,37H,3-4,11,13-15,18-19H2,1-2H3,(H,39,42)/t22-,23+/m0/s1. The highest BCUT2D eigenvalue weighted by atomic mass is 35.5. The van der Waals surface area contributed by atoms with Gasteiger partial charge in [-0.3, -0.25) is 9.59 Å². The van der Waals surface area contributed by atoms with Crippen molar-refractivity contribution >= 4 is 29.1 Å². The average molecular weight is 630 g/mol. The molecule has 3 heterocycles. The molecule has 44 heavy (non-hydrogen) atoms. The van der Waals surface area contributed by atoms with Gasteiger partial charge in [0.2, 0.25) is 5.88 Å². The molecule has 2 atom stereocenters. The Labute approximate surface area is 259 Å². The number of aromatic nitrogens is 1. The Bertz CT molecular complexity index is 1510. The Balaban J connectivity index is 1.45. The van der Waals surface area contributed by atoms with Crippen LogP contribution in [0.3, 0.4) is 0 Å². The molecular weight excluding hydrogens is 595 g/mol. The van der Waals surface area contributed by atoms with E-state index >= 15 is 0 Å². The number of amides is 2. The highest BCUT2D eigenvalue weighted by molar-refractivity contribution is 6.30. The molecule has 0 spiro atoms. The van der Waals surface area contributed by atoms with Gasteiger partial charge in [-0.05, 0) is 74.3 Å². The summed E-state index contributed by atoms with van der Waals surface area (Å²) in [7, 11) is 0. The van der Waals surface area contributed by atoms with E-state index in [-0.39, 0.29) is 36.1 Å². The van der Waals surface area contributed by atoms with Crippen LogP contribution in [0.5, 0.6) is 5.88 Å². The van der Waals surface area contributed by atoms with Crippen molar-refractivity contribution in [1.29, 1.82) is 0 Å². The number of hydrogen-bond donors (Lipinski definition) is 2. The first-order valence-corrected chi connectivity index (χ1v) is 15.1. The lowest BCUT2D eigenvalue weighted by atomic mass is 9.98. The zero-order chi connectivity index (χ0) is 31.4. The van der Waals surface area contributed by atoms with Crippen molar-refractivity contribution in [3.8, 4) is 17.0 Å². The predicted octanol–water partition coefficient (Wildman–Crippen LogP) is 5.65. The summed E-state index contributed by atoms with van der Waals surface area (Å²) < 4.78 is 47.1. The number of carbonyl (C=O) groups is 2. The number of piperazine rings is 1. The van der Waals surface area contributed by atoms with E-state index in [1.807, 2.05) is 44.2 Å². The second kappa shape index (κ2) is 13.4. The van der Waals surface area contributed by atoms with Gasteiger partial charge >= 0.3 is 6.18 Å². The highest BCUT2D eigenvalue weighted by Crippen LogP contribution is 2.36. The van der Waals surface area contributed by atoms with Crippen LogP contribution in [0.15, 0.2) is 54.7 Å². The van der Waals surface area contributed by atoms with Gasteiger partial charge in [0.15, 0.2) is 0 Å². The van der Waals surface area contributed by atoms with Crippen LogP contribution < -0.4 is 20.3 Å². The first-order valence-electron chi connectivity index (χ1n) is 14.8. The highest BCUT2D eigenvalue weighted by Gasteiger charge is 2.38. The van der Waals surface area contributed by atoms with E-state index in [9.17, 15) is 22.8 Å². The zero-order valence-electron chi connectivity index (χ0n) is 24.6. The minimum Gasteiger partial charge on any atom is -0.478 e. The fraction of sp³-hybridized carbons (Fsp3) is 0.406. The van der Waals surface area contributed by atoms with Gasteiger partial charge in [-0.1, -0.05) is 24.6 Å². The second-order valence-electron chi connectivity index (χ2n) is 10.9. The van der Waals surface area contributed by atoms with Crippen LogP contribution in [0.2, 0.25) is 5.02 Å². The molecule has 2 aliphatic rings. The van der Waals surface area contributed by atoms with E-state index in [1.165, 1.54) is 11.0 Å². The van der Waals surface area contributed by atoms with Crippen molar-refractivity contribution in [1.82, 2.24) is 20.5 Å². The molecule has 0 bridgehead atoms. The van der Waals surface area contributed by atoms with Gasteiger partial charge in [-0.2, -0.15) is 13.2 Å². The lowest BCUT2D eigenvalue weighted by molar-refractivity contribution is -0.138. The maximum absolute atomic E-state index is 13.8. The summed E-state index contributed by atoms with van der Waals surface area (Å²) in [5.74, 6) is -0.470. The maximum Gasteiger partial charge on any atom is 0.417 e. The van der Waals surface area contributed by atoms with Crippen LogP contribution in [0, 0.1) is 0 Å². The van der Waals surface area contributed by atoms with Crippen LogP contribution in [0.25, 0.3) is 11.1 Å². The van der Waals surface area contributed by atoms with Gasteiger partial charge in [0, 0.05) is 60.7 Å². The third-order valence-corrected chi connectivity index (χ3v) is 8.34. The number of alkyl halides is 3. The smallest absolute Gasteiger partial charge is 0.417 e. The van der Waals surface area contributed by atoms with Crippen molar-refractivity contribution < 1.29 is 27.5 Å². The van der Waals surface area contributed by atoms with Gasteiger partial charge in [-0.25, -0.2) is 4.98 Å². The Hall–Kier alpha value is -3.83. The summed E-state index contributed by atoms with van der Waals surface area (Å²) in [6.45, 7) is 6.39. The fourth-order valence-corrected chi connectivity index (χ4v) is 5.82. The lowest BCUT2D eigenvalue weighted by Crippen LogP contribution is -2.55. The van der Waals surface area contributed by atoms with E-state index in [1.54, 1.807) is 6.20 Å². The van der Waals surface area contributed by atoms with E-state index in [0.29, 0.717) is 43.2 Å². The molecule has 2 aromatic carbocycles. The summed E-state index contributed by atoms with van der Waals surface area (Å²) in [5, 5.41) is 6.24. The number of benzene rings is 2. The number of rotatable bonds is 9. The third kappa shape index (κ3) is 6.78. The van der Waals surface area contributed by atoms with Crippen molar-refractivity contribution in [2.24, 2.45) is 0 Å². The number of nitrogens with one attached hydrogen (secondary N) is 2. The van der Waals surface area contributed by atoms with Crippen molar-refractivity contribution in [3.63, 3.8) is 0 Å². The molecule has 0 unspecified atom stereocenters. The van der Waals surface area contributed by atoms with E-state index < -0.39 is 23.2 Å². The van der Waals surface area contributed by atoms with Crippen molar-refractivity contribution in [2.45, 2.75) is 44.9 Å². The number of nitrogens with zero attached hydrogens (tertiary/aromatic N) is 3. The quantitative estimate of drug-likeness (QED) is 0.318. The van der Waals surface area contributed by atoms with Crippen LogP contribution in [-0.2, 0) is 6.18 Å². The number of ether oxygens (including phenoxy) is 1. The zero-order valence-corrected chi connectivity index (χ0v) is 25.3. The molecule has 2 fully saturated rings. The largest absolute Gasteiger partial charge is 0.478 e. The first-order chi connectivity index (χ1) is 21.1. The molecule has 2 amide bonds. The molecule has 3 aromatic rings. The van der Waals surface area contributed by atoms with Crippen LogP contribution >= 0.6 is 11.6 Å². The minimum absolute atomic E-state index is 0.0906.